The van der Waals surface area contributed by atoms with E-state index in [-0.39, 0.29) is 11.3 Å². The molecule has 0 bridgehead atoms. The van der Waals surface area contributed by atoms with Gasteiger partial charge in [-0.15, -0.1) is 10.7 Å². The van der Waals surface area contributed by atoms with Gasteiger partial charge in [-0.1, -0.05) is 12.2 Å². The number of aliphatic hydroxyl groups is 1. The van der Waals surface area contributed by atoms with Crippen LogP contribution in [-0.2, 0) is 0 Å². The van der Waals surface area contributed by atoms with E-state index in [1.807, 2.05) is 0 Å². The van der Waals surface area contributed by atoms with Crippen LogP contribution in [0, 0.1) is 5.92 Å². The van der Waals surface area contributed by atoms with E-state index in [0.29, 0.717) is 18.4 Å². The molecule has 0 heterocycles. The van der Waals surface area contributed by atoms with Crippen LogP contribution in [0.1, 0.15) is 19.8 Å². The maximum Gasteiger partial charge on any atom is 0.0921 e. The zero-order chi connectivity index (χ0) is 12.6. The van der Waals surface area contributed by atoms with Gasteiger partial charge < -0.3 is 5.11 Å². The molecule has 0 aromatic carbocycles. The molecule has 6 heteroatoms. The summed E-state index contributed by atoms with van der Waals surface area (Å²) in [4.78, 5) is 0. The quantitative estimate of drug-likeness (QED) is 0.486. The summed E-state index contributed by atoms with van der Waals surface area (Å²) in [5.41, 5.74) is -0.384. The molecule has 0 amide bonds. The number of hydrogen-bond donors (Lipinski definition) is 1. The Hall–Kier alpha value is -0.235. The van der Waals surface area contributed by atoms with Gasteiger partial charge in [0.1, 0.15) is 0 Å². The highest BCUT2D eigenvalue weighted by atomic mass is 16.3. The maximum absolute atomic E-state index is 9.76. The van der Waals surface area contributed by atoms with Crippen LogP contribution in [0.25, 0.3) is 0 Å². The molecule has 1 rings (SSSR count). The van der Waals surface area contributed by atoms with Crippen molar-refractivity contribution in [2.45, 2.75) is 30.5 Å². The lowest BCUT2D eigenvalue weighted by atomic mass is 9.36. The van der Waals surface area contributed by atoms with E-state index < -0.39 is 10.7 Å². The molecule has 16 heavy (non-hydrogen) atoms. The zero-order valence-corrected chi connectivity index (χ0v) is 9.48. The highest BCUT2D eigenvalue weighted by molar-refractivity contribution is 6.62. The van der Waals surface area contributed by atoms with Crippen LogP contribution in [0.3, 0.4) is 0 Å². The summed E-state index contributed by atoms with van der Waals surface area (Å²) in [5.74, 6) is -0.120. The van der Waals surface area contributed by atoms with Crippen LogP contribution in [0.2, 0.25) is 5.11 Å². The van der Waals surface area contributed by atoms with Crippen molar-refractivity contribution in [3.63, 3.8) is 0 Å². The largest absolute Gasteiger partial charge is 0.386 e. The minimum atomic E-state index is -1.53. The first-order valence-electron chi connectivity index (χ1n) is 5.17. The van der Waals surface area contributed by atoms with Gasteiger partial charge in [-0.3, -0.25) is 0 Å². The Kier molecular flexibility index (Phi) is 3.94. The van der Waals surface area contributed by atoms with Gasteiger partial charge in [0.15, 0.2) is 0 Å². The predicted octanol–water partition coefficient (Wildman–Crippen LogP) is -0.169. The van der Waals surface area contributed by atoms with Gasteiger partial charge in [0, 0.05) is 0 Å². The summed E-state index contributed by atoms with van der Waals surface area (Å²) in [6.07, 6.45) is 4.72. The van der Waals surface area contributed by atoms with Gasteiger partial charge in [0.25, 0.3) is 0 Å². The second kappa shape index (κ2) is 4.56. The van der Waals surface area contributed by atoms with E-state index in [2.05, 4.69) is 0 Å². The number of rotatable bonds is 2. The van der Waals surface area contributed by atoms with Crippen molar-refractivity contribution in [1.29, 1.82) is 0 Å². The highest BCUT2D eigenvalue weighted by Crippen LogP contribution is 2.38. The molecule has 0 aromatic rings. The molecule has 0 aliphatic heterocycles. The van der Waals surface area contributed by atoms with E-state index in [1.165, 1.54) is 0 Å². The van der Waals surface area contributed by atoms with Gasteiger partial charge in [-0.2, -0.15) is 5.37 Å². The fourth-order valence-electron chi connectivity index (χ4n) is 1.98. The Morgan fingerprint density at radius 2 is 1.94 bits per heavy atom. The first-order valence-corrected chi connectivity index (χ1v) is 5.17. The first-order chi connectivity index (χ1) is 7.13. The molecule has 0 spiro atoms. The molecular formula is C10H11B5O. The van der Waals surface area contributed by atoms with Crippen LogP contribution in [0.15, 0.2) is 23.1 Å². The van der Waals surface area contributed by atoms with Crippen molar-refractivity contribution in [1.82, 2.24) is 0 Å². The standard InChI is InChI=1S/C10H11B5O/c1-9(16)4-2-6(3-5-9)7(8(11)12)10(13,14)15/h2,4,6,16H,3,5H2,1H3. The Morgan fingerprint density at radius 3 is 2.25 bits per heavy atom. The third-order valence-corrected chi connectivity index (χ3v) is 2.80. The highest BCUT2D eigenvalue weighted by Gasteiger charge is 2.29. The van der Waals surface area contributed by atoms with E-state index in [1.54, 1.807) is 19.1 Å². The van der Waals surface area contributed by atoms with Crippen molar-refractivity contribution < 1.29 is 5.11 Å². The molecule has 1 aliphatic carbocycles. The fraction of sp³-hybridized carbons (Fsp3) is 0.600. The lowest BCUT2D eigenvalue weighted by Crippen LogP contribution is -2.30. The van der Waals surface area contributed by atoms with Crippen molar-refractivity contribution in [2.75, 3.05) is 0 Å². The molecule has 0 saturated carbocycles. The predicted molar refractivity (Wildman–Crippen MR) is 71.0 cm³/mol. The molecule has 1 nitrogen and oxygen atoms in total. The minimum Gasteiger partial charge on any atom is -0.386 e. The van der Waals surface area contributed by atoms with Crippen LogP contribution in [-0.4, -0.2) is 49.9 Å². The van der Waals surface area contributed by atoms with E-state index in [0.717, 1.165) is 0 Å². The maximum atomic E-state index is 9.76. The lowest BCUT2D eigenvalue weighted by molar-refractivity contribution is 0.0901. The summed E-state index contributed by atoms with van der Waals surface area (Å²) >= 11 is 0. The Labute approximate surface area is 104 Å². The fourth-order valence-corrected chi connectivity index (χ4v) is 1.98. The smallest absolute Gasteiger partial charge is 0.0921 e. The SMILES string of the molecule is [B]C([B])=C(C1C=CC(C)(O)CC1)C([B])([B])[B]. The second-order valence-corrected chi connectivity index (χ2v) is 4.66. The average Bonchev–Trinajstić information content (AvgIpc) is 2.05. The van der Waals surface area contributed by atoms with Gasteiger partial charge in [0.2, 0.25) is 0 Å². The molecule has 0 fully saturated rings. The van der Waals surface area contributed by atoms with Crippen molar-refractivity contribution in [3.8, 4) is 0 Å². The molecule has 10 radical (unpaired) electrons. The summed E-state index contributed by atoms with van der Waals surface area (Å²) in [6, 6.07) is 0. The third kappa shape index (κ3) is 3.38. The van der Waals surface area contributed by atoms with Crippen molar-refractivity contribution >= 4 is 39.2 Å². The van der Waals surface area contributed by atoms with E-state index in [9.17, 15) is 5.11 Å². The first kappa shape index (κ1) is 13.8. The molecule has 2 atom stereocenters. The molecule has 1 aliphatic rings. The lowest BCUT2D eigenvalue weighted by Gasteiger charge is -2.37. The van der Waals surface area contributed by atoms with Crippen molar-refractivity contribution in [3.05, 3.63) is 23.1 Å². The van der Waals surface area contributed by atoms with Crippen LogP contribution >= 0.6 is 0 Å². The zero-order valence-electron chi connectivity index (χ0n) is 9.48. The molecule has 0 aromatic heterocycles. The Balaban J connectivity index is 2.98. The monoisotopic (exact) mass is 202 g/mol. The number of hydrogen-bond acceptors (Lipinski definition) is 1. The van der Waals surface area contributed by atoms with Crippen LogP contribution in [0.5, 0.6) is 0 Å². The summed E-state index contributed by atoms with van der Waals surface area (Å²) in [5, 5.41) is 8.27. The Morgan fingerprint density at radius 1 is 1.38 bits per heavy atom. The Bertz CT molecular complexity index is 323. The van der Waals surface area contributed by atoms with Gasteiger partial charge in [-0.25, -0.2) is 0 Å². The normalized spacial score (nSPS) is 30.0. The molecule has 2 unspecified atom stereocenters. The second-order valence-electron chi connectivity index (χ2n) is 4.66. The molecular weight excluding hydrogens is 190 g/mol. The minimum absolute atomic E-state index is 0.0451. The topological polar surface area (TPSA) is 20.2 Å². The van der Waals surface area contributed by atoms with Crippen molar-refractivity contribution in [2.24, 2.45) is 5.92 Å². The summed E-state index contributed by atoms with van der Waals surface area (Å²) < 4.78 is 0. The van der Waals surface area contributed by atoms with E-state index in [4.69, 9.17) is 39.2 Å². The molecule has 72 valence electrons. The summed E-state index contributed by atoms with van der Waals surface area (Å²) in [6.45, 7) is 1.73. The van der Waals surface area contributed by atoms with Gasteiger partial charge in [-0.05, 0) is 25.7 Å². The van der Waals surface area contributed by atoms with Gasteiger partial charge in [0.05, 0.1) is 44.8 Å². The van der Waals surface area contributed by atoms with Gasteiger partial charge >= 0.3 is 0 Å². The average molecular weight is 201 g/mol. The number of allylic oxidation sites excluding steroid dienone is 2. The van der Waals surface area contributed by atoms with Crippen LogP contribution < -0.4 is 0 Å². The molecule has 0 saturated heterocycles. The summed E-state index contributed by atoms with van der Waals surface area (Å²) in [7, 11) is 27.9. The van der Waals surface area contributed by atoms with Crippen LogP contribution in [0.4, 0.5) is 0 Å². The third-order valence-electron chi connectivity index (χ3n) is 2.80. The molecule has 1 N–H and O–H groups in total. The van der Waals surface area contributed by atoms with E-state index >= 15 is 0 Å².